The molecule has 4 rings (SSSR count). The molecule has 0 spiro atoms. The quantitative estimate of drug-likeness (QED) is 0.219. The molecule has 2 aliphatic rings. The highest BCUT2D eigenvalue weighted by molar-refractivity contribution is 14.1. The van der Waals surface area contributed by atoms with Gasteiger partial charge in [0.25, 0.3) is 0 Å². The standard InChI is InChI=1S/C27H42IN7O/c1-34-16-13-23(14-17-34)35(2)27-32-25(31-26(33-27)30-22-8-6-4-5-7-9-22)29-15-12-20-10-11-24(36-3)21(18-20)19-28/h10-11,18,22-23H,4-9,12-17,19H2,1-3H3,(H2,29,30,31,32,33). The van der Waals surface area contributed by atoms with Crippen LogP contribution in [0, 0.1) is 0 Å². The lowest BCUT2D eigenvalue weighted by atomic mass is 10.0. The summed E-state index contributed by atoms with van der Waals surface area (Å²) in [6, 6.07) is 7.33. The monoisotopic (exact) mass is 607 g/mol. The van der Waals surface area contributed by atoms with Gasteiger partial charge < -0.3 is 25.2 Å². The van der Waals surface area contributed by atoms with Gasteiger partial charge in [-0.3, -0.25) is 0 Å². The van der Waals surface area contributed by atoms with E-state index in [1.165, 1.54) is 49.7 Å². The number of aromatic nitrogens is 3. The number of benzene rings is 1. The van der Waals surface area contributed by atoms with E-state index in [0.717, 1.165) is 55.0 Å². The smallest absolute Gasteiger partial charge is 0.231 e. The van der Waals surface area contributed by atoms with Gasteiger partial charge in [-0.25, -0.2) is 0 Å². The van der Waals surface area contributed by atoms with Crippen LogP contribution >= 0.6 is 22.6 Å². The molecule has 1 saturated carbocycles. The van der Waals surface area contributed by atoms with Crippen molar-refractivity contribution in [3.8, 4) is 5.75 Å². The van der Waals surface area contributed by atoms with E-state index in [1.807, 2.05) is 0 Å². The number of hydrogen-bond donors (Lipinski definition) is 2. The molecule has 1 aromatic heterocycles. The molecule has 9 heteroatoms. The maximum atomic E-state index is 5.48. The van der Waals surface area contributed by atoms with Crippen molar-refractivity contribution in [3.05, 3.63) is 29.3 Å². The van der Waals surface area contributed by atoms with Crippen molar-refractivity contribution in [2.24, 2.45) is 0 Å². The molecular formula is C27H42IN7O. The van der Waals surface area contributed by atoms with Gasteiger partial charge in [-0.2, -0.15) is 15.0 Å². The predicted molar refractivity (Wildman–Crippen MR) is 157 cm³/mol. The molecule has 1 aliphatic carbocycles. The van der Waals surface area contributed by atoms with Gasteiger partial charge in [0.1, 0.15) is 5.75 Å². The third kappa shape index (κ3) is 7.57. The summed E-state index contributed by atoms with van der Waals surface area (Å²) in [6.07, 6.45) is 10.7. The zero-order chi connectivity index (χ0) is 25.3. The maximum Gasteiger partial charge on any atom is 0.231 e. The lowest BCUT2D eigenvalue weighted by Gasteiger charge is -2.35. The number of nitrogens with one attached hydrogen (secondary N) is 2. The Bertz CT molecular complexity index is 959. The summed E-state index contributed by atoms with van der Waals surface area (Å²) >= 11 is 2.39. The van der Waals surface area contributed by atoms with Gasteiger partial charge in [0, 0.05) is 35.7 Å². The fourth-order valence-corrected chi connectivity index (χ4v) is 5.82. The second kappa shape index (κ2) is 13.6. The average Bonchev–Trinajstić information content (AvgIpc) is 3.17. The van der Waals surface area contributed by atoms with Crippen LogP contribution in [0.4, 0.5) is 17.8 Å². The molecule has 2 fully saturated rings. The lowest BCUT2D eigenvalue weighted by Crippen LogP contribution is -2.42. The van der Waals surface area contributed by atoms with Gasteiger partial charge >= 0.3 is 0 Å². The average molecular weight is 608 g/mol. The van der Waals surface area contributed by atoms with Gasteiger partial charge in [-0.15, -0.1) is 0 Å². The molecule has 1 aliphatic heterocycles. The minimum atomic E-state index is 0.440. The summed E-state index contributed by atoms with van der Waals surface area (Å²) in [6.45, 7) is 2.98. The van der Waals surface area contributed by atoms with Crippen LogP contribution in [0.2, 0.25) is 0 Å². The highest BCUT2D eigenvalue weighted by Gasteiger charge is 2.24. The van der Waals surface area contributed by atoms with E-state index in [9.17, 15) is 0 Å². The van der Waals surface area contributed by atoms with Gasteiger partial charge in [-0.05, 0) is 63.9 Å². The van der Waals surface area contributed by atoms with Crippen molar-refractivity contribution in [1.82, 2.24) is 19.9 Å². The molecule has 0 amide bonds. The van der Waals surface area contributed by atoms with Crippen LogP contribution in [0.1, 0.15) is 62.5 Å². The van der Waals surface area contributed by atoms with E-state index in [2.05, 4.69) is 75.3 Å². The normalized spacial score (nSPS) is 18.0. The number of methoxy groups -OCH3 is 1. The summed E-state index contributed by atoms with van der Waals surface area (Å²) in [5, 5.41) is 7.13. The van der Waals surface area contributed by atoms with Gasteiger partial charge in [0.2, 0.25) is 17.8 Å². The van der Waals surface area contributed by atoms with Crippen LogP contribution in [0.15, 0.2) is 18.2 Å². The third-order valence-electron chi connectivity index (χ3n) is 7.55. The summed E-state index contributed by atoms with van der Waals surface area (Å²) < 4.78 is 6.41. The molecule has 36 heavy (non-hydrogen) atoms. The summed E-state index contributed by atoms with van der Waals surface area (Å²) in [5.41, 5.74) is 2.51. The number of nitrogens with zero attached hydrogens (tertiary/aromatic N) is 5. The molecule has 198 valence electrons. The molecule has 8 nitrogen and oxygen atoms in total. The zero-order valence-corrected chi connectivity index (χ0v) is 24.3. The van der Waals surface area contributed by atoms with Crippen LogP contribution in [0.25, 0.3) is 0 Å². The molecule has 2 heterocycles. The van der Waals surface area contributed by atoms with E-state index in [0.29, 0.717) is 24.0 Å². The van der Waals surface area contributed by atoms with E-state index >= 15 is 0 Å². The molecule has 0 atom stereocenters. The molecule has 0 radical (unpaired) electrons. The topological polar surface area (TPSA) is 78.4 Å². The molecule has 0 bridgehead atoms. The Hall–Kier alpha value is -1.88. The number of likely N-dealkylation sites (tertiary alicyclic amines) is 1. The first kappa shape index (κ1) is 27.2. The molecular weight excluding hydrogens is 565 g/mol. The molecule has 0 unspecified atom stereocenters. The second-order valence-electron chi connectivity index (χ2n) is 10.2. The van der Waals surface area contributed by atoms with Crippen molar-refractivity contribution >= 4 is 40.4 Å². The third-order valence-corrected chi connectivity index (χ3v) is 8.37. The number of ether oxygens (including phenoxy) is 1. The first-order valence-corrected chi connectivity index (χ1v) is 15.0. The number of anilines is 3. The van der Waals surface area contributed by atoms with Crippen LogP contribution < -0.4 is 20.3 Å². The minimum Gasteiger partial charge on any atom is -0.496 e. The summed E-state index contributed by atoms with van der Waals surface area (Å²) in [7, 11) is 6.06. The molecule has 2 N–H and O–H groups in total. The van der Waals surface area contributed by atoms with Crippen molar-refractivity contribution in [1.29, 1.82) is 0 Å². The number of halogens is 1. The van der Waals surface area contributed by atoms with Crippen LogP contribution in [0.3, 0.4) is 0 Å². The number of piperidine rings is 1. The van der Waals surface area contributed by atoms with Crippen molar-refractivity contribution in [3.63, 3.8) is 0 Å². The maximum absolute atomic E-state index is 5.48. The van der Waals surface area contributed by atoms with Gasteiger partial charge in [0.15, 0.2) is 0 Å². The summed E-state index contributed by atoms with van der Waals surface area (Å²) in [5.74, 6) is 3.06. The van der Waals surface area contributed by atoms with Crippen LogP contribution in [-0.4, -0.2) is 72.8 Å². The predicted octanol–water partition coefficient (Wildman–Crippen LogP) is 5.13. The largest absolute Gasteiger partial charge is 0.496 e. The van der Waals surface area contributed by atoms with Gasteiger partial charge in [-0.1, -0.05) is 60.4 Å². The SMILES string of the molecule is COc1ccc(CCNc2nc(NC3CCCCCC3)nc(N(C)C3CCN(C)CC3)n2)cc1CI. The van der Waals surface area contributed by atoms with E-state index in [4.69, 9.17) is 19.7 Å². The fraction of sp³-hybridized carbons (Fsp3) is 0.667. The van der Waals surface area contributed by atoms with E-state index < -0.39 is 0 Å². The second-order valence-corrected chi connectivity index (χ2v) is 11.0. The molecule has 1 saturated heterocycles. The van der Waals surface area contributed by atoms with Crippen LogP contribution in [-0.2, 0) is 10.8 Å². The Balaban J connectivity index is 1.47. The van der Waals surface area contributed by atoms with Gasteiger partial charge in [0.05, 0.1) is 7.11 Å². The van der Waals surface area contributed by atoms with E-state index in [1.54, 1.807) is 7.11 Å². The molecule has 2 aromatic rings. The Morgan fingerprint density at radius 1 is 1.03 bits per heavy atom. The minimum absolute atomic E-state index is 0.440. The fourth-order valence-electron chi connectivity index (χ4n) is 5.23. The highest BCUT2D eigenvalue weighted by atomic mass is 127. The van der Waals surface area contributed by atoms with Crippen molar-refractivity contribution in [2.75, 3.05) is 56.4 Å². The first-order chi connectivity index (χ1) is 17.6. The highest BCUT2D eigenvalue weighted by Crippen LogP contribution is 2.25. The first-order valence-electron chi connectivity index (χ1n) is 13.5. The number of rotatable bonds is 10. The lowest BCUT2D eigenvalue weighted by molar-refractivity contribution is 0.252. The summed E-state index contributed by atoms with van der Waals surface area (Å²) in [4.78, 5) is 19.2. The Morgan fingerprint density at radius 3 is 2.44 bits per heavy atom. The Labute approximate surface area is 230 Å². The zero-order valence-electron chi connectivity index (χ0n) is 22.1. The molecule has 1 aromatic carbocycles. The number of hydrogen-bond acceptors (Lipinski definition) is 8. The van der Waals surface area contributed by atoms with E-state index in [-0.39, 0.29) is 0 Å². The Kier molecular flexibility index (Phi) is 10.3. The van der Waals surface area contributed by atoms with Crippen molar-refractivity contribution < 1.29 is 4.74 Å². The Morgan fingerprint density at radius 2 is 1.75 bits per heavy atom. The van der Waals surface area contributed by atoms with Crippen LogP contribution in [0.5, 0.6) is 5.75 Å². The van der Waals surface area contributed by atoms with Crippen molar-refractivity contribution in [2.45, 2.75) is 74.3 Å². The number of alkyl halides is 1.